The molecule has 0 aliphatic carbocycles. The molecule has 0 saturated heterocycles. The summed E-state index contributed by atoms with van der Waals surface area (Å²) in [6, 6.07) is 12.3. The van der Waals surface area contributed by atoms with Gasteiger partial charge in [0, 0.05) is 28.9 Å². The van der Waals surface area contributed by atoms with Gasteiger partial charge in [-0.2, -0.15) is 0 Å². The molecule has 0 aliphatic rings. The van der Waals surface area contributed by atoms with Crippen LogP contribution in [0.2, 0.25) is 0 Å². The number of hydrogen-bond acceptors (Lipinski definition) is 3. The molecule has 0 radical (unpaired) electrons. The maximum absolute atomic E-state index is 11.1. The predicted molar refractivity (Wildman–Crippen MR) is 95.9 cm³/mol. The third kappa shape index (κ3) is 5.64. The lowest BCUT2D eigenvalue weighted by atomic mass is 9.97. The van der Waals surface area contributed by atoms with E-state index in [1.807, 2.05) is 24.4 Å². The van der Waals surface area contributed by atoms with Crippen molar-refractivity contribution in [3.63, 3.8) is 0 Å². The van der Waals surface area contributed by atoms with E-state index in [9.17, 15) is 4.79 Å². The topological polar surface area (TPSA) is 39.2 Å². The van der Waals surface area contributed by atoms with Crippen LogP contribution in [0.4, 0.5) is 0 Å². The maximum atomic E-state index is 11.1. The fraction of sp³-hybridized carbons (Fsp3) is 0.263. The van der Waals surface area contributed by atoms with Crippen LogP contribution in [0, 0.1) is 0 Å². The van der Waals surface area contributed by atoms with Gasteiger partial charge in [-0.1, -0.05) is 40.2 Å². The van der Waals surface area contributed by atoms with Gasteiger partial charge in [0.25, 0.3) is 0 Å². The summed E-state index contributed by atoms with van der Waals surface area (Å²) in [5.74, 6) is -0.144. The maximum Gasteiger partial charge on any atom is 0.305 e. The zero-order chi connectivity index (χ0) is 16.5. The van der Waals surface area contributed by atoms with Crippen LogP contribution in [-0.2, 0) is 9.53 Å². The lowest BCUT2D eigenvalue weighted by Crippen LogP contribution is -1.99. The number of pyridine rings is 1. The van der Waals surface area contributed by atoms with Gasteiger partial charge >= 0.3 is 5.97 Å². The van der Waals surface area contributed by atoms with Crippen LogP contribution in [0.15, 0.2) is 59.3 Å². The molecule has 0 unspecified atom stereocenters. The number of aromatic nitrogens is 1. The quantitative estimate of drug-likeness (QED) is 0.505. The Hall–Kier alpha value is -1.94. The van der Waals surface area contributed by atoms with Gasteiger partial charge in [-0.05, 0) is 48.6 Å². The van der Waals surface area contributed by atoms with Crippen LogP contribution in [0.3, 0.4) is 0 Å². The van der Waals surface area contributed by atoms with Crippen molar-refractivity contribution in [2.75, 3.05) is 7.11 Å². The van der Waals surface area contributed by atoms with Gasteiger partial charge in [-0.15, -0.1) is 0 Å². The van der Waals surface area contributed by atoms with Crippen molar-refractivity contribution in [3.8, 4) is 0 Å². The molecule has 4 heteroatoms. The second-order valence-corrected chi connectivity index (χ2v) is 6.10. The van der Waals surface area contributed by atoms with Crippen LogP contribution < -0.4 is 0 Å². The van der Waals surface area contributed by atoms with Crippen molar-refractivity contribution in [3.05, 3.63) is 70.5 Å². The van der Waals surface area contributed by atoms with Crippen molar-refractivity contribution in [1.29, 1.82) is 0 Å². The van der Waals surface area contributed by atoms with Crippen LogP contribution in [-0.4, -0.2) is 18.1 Å². The van der Waals surface area contributed by atoms with Crippen molar-refractivity contribution < 1.29 is 9.53 Å². The first-order chi connectivity index (χ1) is 11.2. The molecule has 0 spiro atoms. The Bertz CT molecular complexity index is 651. The summed E-state index contributed by atoms with van der Waals surface area (Å²) in [5, 5.41) is 0. The number of carbonyl (C=O) groups is 1. The minimum absolute atomic E-state index is 0.144. The first-order valence-electron chi connectivity index (χ1n) is 7.64. The van der Waals surface area contributed by atoms with Crippen molar-refractivity contribution in [2.45, 2.75) is 25.7 Å². The van der Waals surface area contributed by atoms with E-state index in [1.54, 1.807) is 6.20 Å². The minimum atomic E-state index is -0.144. The Morgan fingerprint density at radius 3 is 2.61 bits per heavy atom. The Balaban J connectivity index is 2.09. The van der Waals surface area contributed by atoms with Gasteiger partial charge in [0.2, 0.25) is 0 Å². The largest absolute Gasteiger partial charge is 0.469 e. The third-order valence-electron chi connectivity index (χ3n) is 3.54. The number of unbranched alkanes of at least 4 members (excludes halogenated alkanes) is 2. The number of carbonyl (C=O) groups excluding carboxylic acids is 1. The van der Waals surface area contributed by atoms with Gasteiger partial charge in [-0.3, -0.25) is 9.78 Å². The molecule has 2 aromatic rings. The van der Waals surface area contributed by atoms with Gasteiger partial charge in [0.05, 0.1) is 7.11 Å². The summed E-state index contributed by atoms with van der Waals surface area (Å²) >= 11 is 3.47. The normalized spacial score (nSPS) is 11.3. The molecule has 0 aliphatic heterocycles. The molecule has 0 amide bonds. The van der Waals surface area contributed by atoms with E-state index in [2.05, 4.69) is 49.9 Å². The molecular weight excluding hydrogens is 354 g/mol. The highest BCUT2D eigenvalue weighted by atomic mass is 79.9. The SMILES string of the molecule is COC(=O)CCCC/C=C(\c1ccc(Br)cc1)c1cccnc1. The van der Waals surface area contributed by atoms with Crippen molar-refractivity contribution >= 4 is 27.5 Å². The molecule has 120 valence electrons. The number of halogens is 1. The summed E-state index contributed by atoms with van der Waals surface area (Å²) in [6.45, 7) is 0. The summed E-state index contributed by atoms with van der Waals surface area (Å²) in [7, 11) is 1.43. The number of nitrogens with zero attached hydrogens (tertiary/aromatic N) is 1. The van der Waals surface area contributed by atoms with Crippen LogP contribution >= 0.6 is 15.9 Å². The standard InChI is InChI=1S/C19H20BrNO2/c1-23-19(22)8-4-2-3-7-18(16-6-5-13-21-14-16)15-9-11-17(20)12-10-15/h5-7,9-14H,2-4,8H2,1H3/b18-7+. The molecule has 1 heterocycles. The molecule has 0 atom stereocenters. The predicted octanol–water partition coefficient (Wildman–Crippen LogP) is 5.01. The molecule has 2 rings (SSSR count). The second kappa shape index (κ2) is 9.26. The minimum Gasteiger partial charge on any atom is -0.469 e. The molecule has 0 N–H and O–H groups in total. The Kier molecular flexibility index (Phi) is 7.01. The lowest BCUT2D eigenvalue weighted by Gasteiger charge is -2.09. The van der Waals surface area contributed by atoms with E-state index in [4.69, 9.17) is 0 Å². The average Bonchev–Trinajstić information content (AvgIpc) is 2.59. The number of hydrogen-bond donors (Lipinski definition) is 0. The van der Waals surface area contributed by atoms with E-state index >= 15 is 0 Å². The van der Waals surface area contributed by atoms with E-state index < -0.39 is 0 Å². The third-order valence-corrected chi connectivity index (χ3v) is 4.07. The van der Waals surface area contributed by atoms with E-state index in [-0.39, 0.29) is 5.97 Å². The highest BCUT2D eigenvalue weighted by Crippen LogP contribution is 2.25. The van der Waals surface area contributed by atoms with Gasteiger partial charge in [0.15, 0.2) is 0 Å². The highest BCUT2D eigenvalue weighted by molar-refractivity contribution is 9.10. The number of esters is 1. The number of methoxy groups -OCH3 is 1. The Labute approximate surface area is 145 Å². The zero-order valence-corrected chi connectivity index (χ0v) is 14.8. The lowest BCUT2D eigenvalue weighted by molar-refractivity contribution is -0.140. The molecule has 0 bridgehead atoms. The van der Waals surface area contributed by atoms with Gasteiger partial charge in [0.1, 0.15) is 0 Å². The average molecular weight is 374 g/mol. The summed E-state index contributed by atoms with van der Waals surface area (Å²) < 4.78 is 5.72. The Morgan fingerprint density at radius 1 is 1.17 bits per heavy atom. The first-order valence-corrected chi connectivity index (χ1v) is 8.43. The number of allylic oxidation sites excluding steroid dienone is 1. The van der Waals surface area contributed by atoms with Gasteiger partial charge < -0.3 is 4.74 Å². The van der Waals surface area contributed by atoms with E-state index in [1.165, 1.54) is 12.7 Å². The van der Waals surface area contributed by atoms with Crippen molar-refractivity contribution in [2.24, 2.45) is 0 Å². The number of rotatable bonds is 7. The molecule has 0 fully saturated rings. The summed E-state index contributed by atoms with van der Waals surface area (Å²) in [4.78, 5) is 15.3. The highest BCUT2D eigenvalue weighted by Gasteiger charge is 2.05. The van der Waals surface area contributed by atoms with Crippen LogP contribution in [0.5, 0.6) is 0 Å². The molecule has 1 aromatic heterocycles. The second-order valence-electron chi connectivity index (χ2n) is 5.19. The van der Waals surface area contributed by atoms with E-state index in [0.29, 0.717) is 6.42 Å². The fourth-order valence-electron chi connectivity index (χ4n) is 2.32. The molecule has 23 heavy (non-hydrogen) atoms. The number of benzene rings is 1. The number of ether oxygens (including phenoxy) is 1. The first kappa shape index (κ1) is 17.4. The molecular formula is C19H20BrNO2. The van der Waals surface area contributed by atoms with Gasteiger partial charge in [-0.25, -0.2) is 0 Å². The zero-order valence-electron chi connectivity index (χ0n) is 13.2. The Morgan fingerprint density at radius 2 is 1.96 bits per heavy atom. The molecule has 0 saturated carbocycles. The monoisotopic (exact) mass is 373 g/mol. The van der Waals surface area contributed by atoms with E-state index in [0.717, 1.165) is 34.9 Å². The van der Waals surface area contributed by atoms with Crippen LogP contribution in [0.25, 0.3) is 5.57 Å². The molecule has 3 nitrogen and oxygen atoms in total. The smallest absolute Gasteiger partial charge is 0.305 e. The van der Waals surface area contributed by atoms with Crippen LogP contribution in [0.1, 0.15) is 36.8 Å². The summed E-state index contributed by atoms with van der Waals surface area (Å²) in [5.41, 5.74) is 3.43. The summed E-state index contributed by atoms with van der Waals surface area (Å²) in [6.07, 6.45) is 9.06. The fourth-order valence-corrected chi connectivity index (χ4v) is 2.58. The molecule has 1 aromatic carbocycles. The van der Waals surface area contributed by atoms with Crippen molar-refractivity contribution in [1.82, 2.24) is 4.98 Å².